The lowest BCUT2D eigenvalue weighted by Crippen LogP contribution is -2.31. The summed E-state index contributed by atoms with van der Waals surface area (Å²) in [5.41, 5.74) is 1.63. The number of carbonyl (C=O) groups excluding carboxylic acids is 1. The van der Waals surface area contributed by atoms with Gasteiger partial charge in [0.2, 0.25) is 0 Å². The van der Waals surface area contributed by atoms with E-state index in [2.05, 4.69) is 10.3 Å². The average Bonchev–Trinajstić information content (AvgIpc) is 2.95. The molecule has 0 saturated heterocycles. The minimum absolute atomic E-state index is 0.111. The molecule has 0 atom stereocenters. The summed E-state index contributed by atoms with van der Waals surface area (Å²) in [4.78, 5) is 12.2. The van der Waals surface area contributed by atoms with Gasteiger partial charge in [-0.3, -0.25) is 4.79 Å². The SMILES string of the molecule is Cc1ccc(-n2nnc(C(=O)NS(=O)(=O)c3ccc(Cl)cc3Cl)c2C)c(Cl)c1. The third-order valence-electron chi connectivity index (χ3n) is 3.85. The van der Waals surface area contributed by atoms with Crippen LogP contribution in [0.5, 0.6) is 0 Å². The van der Waals surface area contributed by atoms with Gasteiger partial charge in [0.15, 0.2) is 5.69 Å². The second-order valence-electron chi connectivity index (χ2n) is 5.90. The van der Waals surface area contributed by atoms with E-state index in [1.165, 1.54) is 22.9 Å². The first-order valence-corrected chi connectivity index (χ1v) is 10.4. The van der Waals surface area contributed by atoms with Gasteiger partial charge in [-0.1, -0.05) is 46.1 Å². The van der Waals surface area contributed by atoms with Gasteiger partial charge < -0.3 is 0 Å². The molecular weight excluding hydrogens is 447 g/mol. The lowest BCUT2D eigenvalue weighted by Gasteiger charge is -2.09. The molecule has 0 aliphatic rings. The van der Waals surface area contributed by atoms with Gasteiger partial charge in [-0.05, 0) is 49.7 Å². The molecule has 0 radical (unpaired) electrons. The number of aromatic nitrogens is 3. The molecule has 0 bridgehead atoms. The van der Waals surface area contributed by atoms with Gasteiger partial charge >= 0.3 is 0 Å². The summed E-state index contributed by atoms with van der Waals surface area (Å²) in [5.74, 6) is -0.946. The van der Waals surface area contributed by atoms with Gasteiger partial charge in [0.1, 0.15) is 4.90 Å². The van der Waals surface area contributed by atoms with Crippen molar-refractivity contribution in [2.75, 3.05) is 0 Å². The van der Waals surface area contributed by atoms with E-state index in [4.69, 9.17) is 34.8 Å². The average molecular weight is 460 g/mol. The number of carbonyl (C=O) groups is 1. The van der Waals surface area contributed by atoms with E-state index < -0.39 is 15.9 Å². The number of hydrogen-bond acceptors (Lipinski definition) is 5. The van der Waals surface area contributed by atoms with Crippen molar-refractivity contribution in [2.45, 2.75) is 18.7 Å². The Balaban J connectivity index is 1.92. The third kappa shape index (κ3) is 4.00. The summed E-state index contributed by atoms with van der Waals surface area (Å²) in [6.45, 7) is 3.46. The van der Waals surface area contributed by atoms with Crippen molar-refractivity contribution in [1.29, 1.82) is 0 Å². The van der Waals surface area contributed by atoms with Crippen molar-refractivity contribution >= 4 is 50.7 Å². The van der Waals surface area contributed by atoms with Crippen LogP contribution in [-0.4, -0.2) is 29.3 Å². The van der Waals surface area contributed by atoms with Crippen molar-refractivity contribution in [2.24, 2.45) is 0 Å². The molecular formula is C17H13Cl3N4O3S. The Morgan fingerprint density at radius 2 is 1.75 bits per heavy atom. The highest BCUT2D eigenvalue weighted by molar-refractivity contribution is 7.90. The summed E-state index contributed by atoms with van der Waals surface area (Å²) in [6.07, 6.45) is 0. The maximum atomic E-state index is 12.5. The monoisotopic (exact) mass is 458 g/mol. The molecule has 3 rings (SSSR count). The normalized spacial score (nSPS) is 11.5. The molecule has 28 heavy (non-hydrogen) atoms. The first-order valence-electron chi connectivity index (χ1n) is 7.81. The summed E-state index contributed by atoms with van der Waals surface area (Å²) in [7, 11) is -4.23. The molecule has 0 spiro atoms. The second kappa shape index (κ2) is 7.71. The molecule has 1 N–H and O–H groups in total. The lowest BCUT2D eigenvalue weighted by atomic mass is 10.2. The molecule has 1 aromatic heterocycles. The van der Waals surface area contributed by atoms with Gasteiger partial charge in [-0.25, -0.2) is 17.8 Å². The molecule has 0 aliphatic carbocycles. The van der Waals surface area contributed by atoms with Crippen LogP contribution in [0.15, 0.2) is 41.3 Å². The van der Waals surface area contributed by atoms with E-state index in [-0.39, 0.29) is 20.6 Å². The van der Waals surface area contributed by atoms with E-state index in [1.807, 2.05) is 17.7 Å². The molecule has 7 nitrogen and oxygen atoms in total. The van der Waals surface area contributed by atoms with Crippen molar-refractivity contribution in [3.05, 3.63) is 68.4 Å². The highest BCUT2D eigenvalue weighted by Gasteiger charge is 2.25. The highest BCUT2D eigenvalue weighted by Crippen LogP contribution is 2.26. The smallest absolute Gasteiger partial charge is 0.266 e. The zero-order chi connectivity index (χ0) is 20.6. The van der Waals surface area contributed by atoms with Crippen molar-refractivity contribution in [3.63, 3.8) is 0 Å². The van der Waals surface area contributed by atoms with Gasteiger partial charge in [-0.2, -0.15) is 0 Å². The van der Waals surface area contributed by atoms with E-state index in [9.17, 15) is 13.2 Å². The molecule has 11 heteroatoms. The number of benzene rings is 2. The minimum atomic E-state index is -4.23. The van der Waals surface area contributed by atoms with E-state index in [0.29, 0.717) is 16.4 Å². The third-order valence-corrected chi connectivity index (χ3v) is 6.20. The summed E-state index contributed by atoms with van der Waals surface area (Å²) < 4.78 is 28.3. The predicted octanol–water partition coefficient (Wildman–Crippen LogP) is 3.96. The minimum Gasteiger partial charge on any atom is -0.266 e. The van der Waals surface area contributed by atoms with Crippen LogP contribution in [-0.2, 0) is 10.0 Å². The molecule has 2 aromatic carbocycles. The number of amides is 1. The molecule has 146 valence electrons. The van der Waals surface area contributed by atoms with Crippen molar-refractivity contribution < 1.29 is 13.2 Å². The van der Waals surface area contributed by atoms with Crippen LogP contribution in [0.2, 0.25) is 15.1 Å². The Labute approximate surface area is 176 Å². The van der Waals surface area contributed by atoms with Gasteiger partial charge in [0.05, 0.1) is 21.4 Å². The summed E-state index contributed by atoms with van der Waals surface area (Å²) in [6, 6.07) is 9.12. The molecule has 1 amide bonds. The first kappa shape index (κ1) is 20.6. The Hall–Kier alpha value is -2.13. The van der Waals surface area contributed by atoms with Gasteiger partial charge in [0.25, 0.3) is 15.9 Å². The fourth-order valence-corrected chi connectivity index (χ4v) is 4.51. The molecule has 1 heterocycles. The van der Waals surface area contributed by atoms with Crippen LogP contribution < -0.4 is 4.72 Å². The zero-order valence-corrected chi connectivity index (χ0v) is 17.7. The molecule has 0 aliphatic heterocycles. The van der Waals surface area contributed by atoms with E-state index in [1.54, 1.807) is 19.1 Å². The number of halogens is 3. The molecule has 3 aromatic rings. The van der Waals surface area contributed by atoms with Crippen LogP contribution in [0.3, 0.4) is 0 Å². The number of aryl methyl sites for hydroxylation is 1. The predicted molar refractivity (Wildman–Crippen MR) is 107 cm³/mol. The Bertz CT molecular complexity index is 1190. The van der Waals surface area contributed by atoms with Crippen molar-refractivity contribution in [1.82, 2.24) is 19.7 Å². The summed E-state index contributed by atoms with van der Waals surface area (Å²) in [5, 5.41) is 8.28. The van der Waals surface area contributed by atoms with Crippen LogP contribution in [0.4, 0.5) is 0 Å². The van der Waals surface area contributed by atoms with Crippen molar-refractivity contribution in [3.8, 4) is 5.69 Å². The summed E-state index contributed by atoms with van der Waals surface area (Å²) >= 11 is 17.9. The maximum Gasteiger partial charge on any atom is 0.287 e. The standard InChI is InChI=1S/C17H13Cl3N4O3S/c1-9-3-5-14(12(19)7-9)24-10(2)16(21-23-24)17(25)22-28(26,27)15-6-4-11(18)8-13(15)20/h3-8H,1-2H3,(H,22,25). The van der Waals surface area contributed by atoms with Crippen LogP contribution >= 0.6 is 34.8 Å². The van der Waals surface area contributed by atoms with Gasteiger partial charge in [-0.15, -0.1) is 5.10 Å². The highest BCUT2D eigenvalue weighted by atomic mass is 35.5. The number of sulfonamides is 1. The van der Waals surface area contributed by atoms with E-state index in [0.717, 1.165) is 5.56 Å². The number of hydrogen-bond donors (Lipinski definition) is 1. The van der Waals surface area contributed by atoms with E-state index >= 15 is 0 Å². The Morgan fingerprint density at radius 1 is 1.04 bits per heavy atom. The molecule has 0 fully saturated rings. The van der Waals surface area contributed by atoms with Gasteiger partial charge in [0, 0.05) is 5.02 Å². The number of nitrogens with one attached hydrogen (secondary N) is 1. The quantitative estimate of drug-likeness (QED) is 0.637. The molecule has 0 saturated carbocycles. The Kier molecular flexibility index (Phi) is 5.67. The van der Waals surface area contributed by atoms with Crippen LogP contribution in [0, 0.1) is 13.8 Å². The molecule has 0 unspecified atom stereocenters. The number of nitrogens with zero attached hydrogens (tertiary/aromatic N) is 3. The zero-order valence-electron chi connectivity index (χ0n) is 14.6. The topological polar surface area (TPSA) is 93.9 Å². The second-order valence-corrected chi connectivity index (χ2v) is 8.80. The first-order chi connectivity index (χ1) is 13.1. The van der Waals surface area contributed by atoms with Crippen LogP contribution in [0.1, 0.15) is 21.7 Å². The fraction of sp³-hybridized carbons (Fsp3) is 0.118. The van der Waals surface area contributed by atoms with Crippen LogP contribution in [0.25, 0.3) is 5.69 Å². The Morgan fingerprint density at radius 3 is 2.39 bits per heavy atom. The fourth-order valence-electron chi connectivity index (χ4n) is 2.47. The largest absolute Gasteiger partial charge is 0.287 e. The maximum absolute atomic E-state index is 12.5. The number of rotatable bonds is 4. The lowest BCUT2D eigenvalue weighted by molar-refractivity contribution is 0.0976.